The second-order valence-electron chi connectivity index (χ2n) is 10.6. The van der Waals surface area contributed by atoms with Gasteiger partial charge < -0.3 is 44.5 Å². The first-order valence-corrected chi connectivity index (χ1v) is 14.6. The number of carbonyl (C=O) groups is 2. The average molecular weight is 599 g/mol. The van der Waals surface area contributed by atoms with E-state index < -0.39 is 30.1 Å². The smallest absolute Gasteiger partial charge is 0.247 e. The molecule has 0 aromatic heterocycles. The van der Waals surface area contributed by atoms with Gasteiger partial charge in [0.1, 0.15) is 23.7 Å². The van der Waals surface area contributed by atoms with Crippen molar-refractivity contribution in [3.8, 4) is 23.0 Å². The Hall–Kier alpha value is -3.80. The molecule has 11 heteroatoms. The summed E-state index contributed by atoms with van der Waals surface area (Å²) in [4.78, 5) is 28.8. The summed E-state index contributed by atoms with van der Waals surface area (Å²) in [6, 6.07) is 7.96. The third kappa shape index (κ3) is 6.74. The van der Waals surface area contributed by atoms with Gasteiger partial charge in [-0.25, -0.2) is 0 Å². The molecule has 4 unspecified atom stereocenters. The molecule has 0 saturated carbocycles. The van der Waals surface area contributed by atoms with Crippen LogP contribution in [0.3, 0.4) is 0 Å². The lowest BCUT2D eigenvalue weighted by atomic mass is 9.77. The fourth-order valence-corrected chi connectivity index (χ4v) is 5.85. The van der Waals surface area contributed by atoms with E-state index in [1.165, 1.54) is 7.11 Å². The van der Waals surface area contributed by atoms with Crippen molar-refractivity contribution in [1.82, 2.24) is 10.2 Å². The van der Waals surface area contributed by atoms with Crippen LogP contribution in [0.25, 0.3) is 0 Å². The fraction of sp³-hybridized carbons (Fsp3) is 0.500. The molecule has 4 rings (SSSR count). The quantitative estimate of drug-likeness (QED) is 0.257. The monoisotopic (exact) mass is 598 g/mol. The number of aliphatic hydroxyl groups is 3. The molecule has 0 fully saturated rings. The number of nitrogens with zero attached hydrogens (tertiary/aromatic N) is 1. The van der Waals surface area contributed by atoms with Crippen molar-refractivity contribution in [2.75, 3.05) is 41.0 Å². The first-order chi connectivity index (χ1) is 20.8. The van der Waals surface area contributed by atoms with Gasteiger partial charge in [0.2, 0.25) is 11.8 Å². The lowest BCUT2D eigenvalue weighted by Gasteiger charge is -2.41. The van der Waals surface area contributed by atoms with E-state index in [2.05, 4.69) is 5.32 Å². The van der Waals surface area contributed by atoms with Gasteiger partial charge in [-0.1, -0.05) is 13.3 Å². The highest BCUT2D eigenvalue weighted by atomic mass is 16.5. The molecule has 2 aromatic rings. The summed E-state index contributed by atoms with van der Waals surface area (Å²) >= 11 is 0. The first-order valence-electron chi connectivity index (χ1n) is 14.6. The van der Waals surface area contributed by atoms with Gasteiger partial charge in [0.15, 0.2) is 11.5 Å². The number of hydrogen-bond donors (Lipinski definition) is 4. The maximum atomic E-state index is 13.7. The largest absolute Gasteiger partial charge is 0.497 e. The van der Waals surface area contributed by atoms with E-state index in [0.29, 0.717) is 52.5 Å². The van der Waals surface area contributed by atoms with Crippen molar-refractivity contribution in [2.45, 2.75) is 63.4 Å². The van der Waals surface area contributed by atoms with Crippen LogP contribution < -0.4 is 24.3 Å². The molecule has 2 aliphatic rings. The van der Waals surface area contributed by atoms with Gasteiger partial charge in [0.25, 0.3) is 0 Å². The summed E-state index contributed by atoms with van der Waals surface area (Å²) in [5, 5.41) is 33.8. The Kier molecular flexibility index (Phi) is 10.9. The summed E-state index contributed by atoms with van der Waals surface area (Å²) in [5.74, 6) is 0.750. The van der Waals surface area contributed by atoms with Gasteiger partial charge in [-0.15, -0.1) is 0 Å². The van der Waals surface area contributed by atoms with Gasteiger partial charge >= 0.3 is 0 Å². The average Bonchev–Trinajstić information content (AvgIpc) is 3.42. The van der Waals surface area contributed by atoms with Gasteiger partial charge in [-0.05, 0) is 60.4 Å². The molecule has 1 heterocycles. The lowest BCUT2D eigenvalue weighted by molar-refractivity contribution is -0.137. The minimum atomic E-state index is -1.19. The number of rotatable bonds is 14. The number of methoxy groups -OCH3 is 3. The number of carbonyl (C=O) groups excluding carboxylic acids is 2. The number of ether oxygens (including phenoxy) is 4. The Bertz CT molecular complexity index is 1330. The molecule has 2 aromatic carbocycles. The molecule has 0 radical (unpaired) electrons. The summed E-state index contributed by atoms with van der Waals surface area (Å²) in [7, 11) is 4.63. The molecule has 1 aliphatic carbocycles. The molecule has 0 saturated heterocycles. The zero-order chi connectivity index (χ0) is 31.1. The predicted octanol–water partition coefficient (Wildman–Crippen LogP) is 2.09. The Labute approximate surface area is 252 Å². The zero-order valence-corrected chi connectivity index (χ0v) is 25.2. The lowest BCUT2D eigenvalue weighted by Crippen LogP contribution is -2.56. The molecule has 0 bridgehead atoms. The van der Waals surface area contributed by atoms with Gasteiger partial charge in [0.05, 0.1) is 46.5 Å². The molecule has 4 N–H and O–H groups in total. The number of amides is 2. The van der Waals surface area contributed by atoms with E-state index >= 15 is 0 Å². The van der Waals surface area contributed by atoms with Gasteiger partial charge in [0, 0.05) is 30.6 Å². The molecule has 4 atom stereocenters. The van der Waals surface area contributed by atoms with Crippen LogP contribution in [0.1, 0.15) is 48.8 Å². The van der Waals surface area contributed by atoms with E-state index in [-0.39, 0.29) is 38.6 Å². The third-order valence-electron chi connectivity index (χ3n) is 8.03. The first kappa shape index (κ1) is 32.1. The molecule has 234 valence electrons. The van der Waals surface area contributed by atoms with Crippen LogP contribution in [0.2, 0.25) is 0 Å². The van der Waals surface area contributed by atoms with Crippen LogP contribution in [-0.2, 0) is 22.6 Å². The Morgan fingerprint density at radius 1 is 1.05 bits per heavy atom. The Morgan fingerprint density at radius 2 is 1.81 bits per heavy atom. The van der Waals surface area contributed by atoms with Crippen molar-refractivity contribution in [2.24, 2.45) is 0 Å². The molecule has 0 spiro atoms. The topological polar surface area (TPSA) is 147 Å². The van der Waals surface area contributed by atoms with Crippen molar-refractivity contribution >= 4 is 11.8 Å². The van der Waals surface area contributed by atoms with Crippen LogP contribution in [0.5, 0.6) is 23.0 Å². The number of fused-ring (bicyclic) bond motifs is 3. The normalized spacial score (nSPS) is 20.3. The number of aliphatic hydroxyl groups excluding tert-OH is 3. The summed E-state index contributed by atoms with van der Waals surface area (Å²) in [6.07, 6.45) is 1.71. The summed E-state index contributed by atoms with van der Waals surface area (Å²) in [5.41, 5.74) is 2.29. The Balaban J connectivity index is 1.77. The van der Waals surface area contributed by atoms with Crippen LogP contribution in [0.15, 0.2) is 42.0 Å². The van der Waals surface area contributed by atoms with E-state index in [0.717, 1.165) is 12.0 Å². The summed E-state index contributed by atoms with van der Waals surface area (Å²) < 4.78 is 22.8. The van der Waals surface area contributed by atoms with Gasteiger partial charge in [-0.3, -0.25) is 9.59 Å². The zero-order valence-electron chi connectivity index (χ0n) is 25.2. The SMILES string of the molecule is CCCCC(=O)N(CCc1cc(OC)ccc1OC)C1C=C(C(=O)NCCO)C2c3cc(CO)cc(OC)c3OC2C1O. The van der Waals surface area contributed by atoms with Crippen molar-refractivity contribution < 1.29 is 43.9 Å². The molecule has 11 nitrogen and oxygen atoms in total. The van der Waals surface area contributed by atoms with Crippen molar-refractivity contribution in [3.63, 3.8) is 0 Å². The molecule has 43 heavy (non-hydrogen) atoms. The van der Waals surface area contributed by atoms with E-state index in [1.807, 2.05) is 13.0 Å². The number of nitrogens with one attached hydrogen (secondary N) is 1. The number of benzene rings is 2. The highest BCUT2D eigenvalue weighted by molar-refractivity contribution is 5.96. The van der Waals surface area contributed by atoms with Gasteiger partial charge in [-0.2, -0.15) is 0 Å². The van der Waals surface area contributed by atoms with Crippen LogP contribution in [-0.4, -0.2) is 91.3 Å². The summed E-state index contributed by atoms with van der Waals surface area (Å²) in [6.45, 7) is 1.76. The minimum absolute atomic E-state index is 0.0310. The second kappa shape index (κ2) is 14.6. The maximum Gasteiger partial charge on any atom is 0.247 e. The molecular weight excluding hydrogens is 556 g/mol. The van der Waals surface area contributed by atoms with Crippen molar-refractivity contribution in [3.05, 3.63) is 58.7 Å². The standard InChI is InChI=1S/C32H42N2O9/c1-5-6-7-27(37)34(12-10-20-16-21(40-2)8-9-25(20)41-3)24-17-23(32(39)33-11-13-35)28-22-14-19(18-36)15-26(42-4)30(22)43-31(28)29(24)38/h8-9,14-17,24,28-29,31,35-36,38H,5-7,10-13,18H2,1-4H3,(H,33,39). The van der Waals surface area contributed by atoms with Crippen molar-refractivity contribution in [1.29, 1.82) is 0 Å². The van der Waals surface area contributed by atoms with E-state index in [9.17, 15) is 24.9 Å². The fourth-order valence-electron chi connectivity index (χ4n) is 5.85. The van der Waals surface area contributed by atoms with Crippen LogP contribution >= 0.6 is 0 Å². The minimum Gasteiger partial charge on any atom is -0.497 e. The molecular formula is C32H42N2O9. The van der Waals surface area contributed by atoms with Crippen LogP contribution in [0, 0.1) is 0 Å². The second-order valence-corrected chi connectivity index (χ2v) is 10.6. The molecule has 2 amide bonds. The highest BCUT2D eigenvalue weighted by Gasteiger charge is 2.51. The number of hydrogen-bond acceptors (Lipinski definition) is 9. The number of unbranched alkanes of at least 4 members (excludes halogenated alkanes) is 1. The van der Waals surface area contributed by atoms with E-state index in [1.54, 1.807) is 49.5 Å². The Morgan fingerprint density at radius 3 is 2.47 bits per heavy atom. The van der Waals surface area contributed by atoms with Crippen LogP contribution in [0.4, 0.5) is 0 Å². The predicted molar refractivity (Wildman–Crippen MR) is 159 cm³/mol. The third-order valence-corrected chi connectivity index (χ3v) is 8.03. The molecule has 1 aliphatic heterocycles. The maximum absolute atomic E-state index is 13.7. The van der Waals surface area contributed by atoms with E-state index in [4.69, 9.17) is 18.9 Å². The highest BCUT2D eigenvalue weighted by Crippen LogP contribution is 2.51.